The summed E-state index contributed by atoms with van der Waals surface area (Å²) in [6, 6.07) is 62.6. The van der Waals surface area contributed by atoms with E-state index in [2.05, 4.69) is 58.2 Å². The zero-order chi connectivity index (χ0) is 97.9. The fourth-order valence-corrected chi connectivity index (χ4v) is 17.8. The molecule has 7 aliphatic rings. The molecule has 0 amide bonds. The molecular weight excluding hydrogens is 1760 g/mol. The molecule has 0 spiro atoms. The Morgan fingerprint density at radius 1 is 0.409 bits per heavy atom. The summed E-state index contributed by atoms with van der Waals surface area (Å²) < 4.78 is 41.3. The summed E-state index contributed by atoms with van der Waals surface area (Å²) >= 11 is 0. The zero-order valence-corrected chi connectivity index (χ0v) is 79.8. The quantitative estimate of drug-likeness (QED) is 0.0111. The van der Waals surface area contributed by atoms with Crippen LogP contribution in [0.5, 0.6) is 0 Å². The third-order valence-electron chi connectivity index (χ3n) is 25.6. The lowest BCUT2D eigenvalue weighted by Gasteiger charge is -2.33. The van der Waals surface area contributed by atoms with Crippen molar-refractivity contribution in [1.29, 1.82) is 0 Å². The molecule has 137 heavy (non-hydrogen) atoms. The van der Waals surface area contributed by atoms with Gasteiger partial charge in [-0.1, -0.05) is 133 Å². The van der Waals surface area contributed by atoms with Crippen LogP contribution in [-0.2, 0) is 139 Å². The van der Waals surface area contributed by atoms with Crippen LogP contribution in [0.4, 0.5) is 5.82 Å². The Balaban J connectivity index is 0.000000164. The highest BCUT2D eigenvalue weighted by molar-refractivity contribution is 7.54. The van der Waals surface area contributed by atoms with E-state index >= 15 is 0 Å². The Morgan fingerprint density at radius 2 is 0.774 bits per heavy atom. The van der Waals surface area contributed by atoms with Crippen molar-refractivity contribution in [3.63, 3.8) is 0 Å². The number of anilines is 1. The van der Waals surface area contributed by atoms with Gasteiger partial charge in [0.2, 0.25) is 0 Å². The zero-order valence-electron chi connectivity index (χ0n) is 78.9. The minimum Gasteiger partial charge on any atom is -0.481 e. The molecule has 6 saturated carbocycles. The van der Waals surface area contributed by atoms with Crippen LogP contribution >= 0.6 is 7.60 Å². The van der Waals surface area contributed by atoms with Crippen molar-refractivity contribution in [3.05, 3.63) is 281 Å². The number of carboxylic acid groups (broad SMARTS) is 2. The molecule has 4 aromatic carbocycles. The number of ether oxygens (including phenoxy) is 4. The number of carbonyl (C=O) groups is 11. The lowest BCUT2D eigenvalue weighted by atomic mass is 9.72. The molecule has 28 heteroatoms. The van der Waals surface area contributed by atoms with E-state index in [1.54, 1.807) is 43.7 Å². The monoisotopic (exact) mass is 1890 g/mol. The third kappa shape index (κ3) is 36.6. The number of benzene rings is 4. The average Bonchev–Trinajstić information content (AvgIpc) is 0.822. The van der Waals surface area contributed by atoms with E-state index < -0.39 is 19.5 Å². The fourth-order valence-electron chi connectivity index (χ4n) is 16.8. The predicted molar refractivity (Wildman–Crippen MR) is 519 cm³/mol. The number of Topliss-reactive ketones (excluding diaryl/α,β-unsaturated/α-hetero) is 2. The number of esters is 4. The molecule has 6 fully saturated rings. The molecule has 27 nitrogen and oxygen atoms in total. The summed E-state index contributed by atoms with van der Waals surface area (Å²) in [7, 11) is -0.572. The van der Waals surface area contributed by atoms with Gasteiger partial charge in [0.15, 0.2) is 23.4 Å². The van der Waals surface area contributed by atoms with Crippen LogP contribution in [0.15, 0.2) is 225 Å². The van der Waals surface area contributed by atoms with Crippen LogP contribution < -0.4 is 5.73 Å². The first-order chi connectivity index (χ1) is 66.2. The van der Waals surface area contributed by atoms with Crippen LogP contribution in [0, 0.1) is 71.0 Å². The molecule has 0 bridgehead atoms. The van der Waals surface area contributed by atoms with Crippen LogP contribution in [-0.4, -0.2) is 126 Å². The van der Waals surface area contributed by atoms with Gasteiger partial charge in [-0.3, -0.25) is 52.7 Å². The number of carbonyl (C=O) groups excluding carboxylic acids is 9. The summed E-state index contributed by atoms with van der Waals surface area (Å²) in [6.07, 6.45) is 32.3. The smallest absolute Gasteiger partial charge is 0.337 e. The first-order valence-corrected chi connectivity index (χ1v) is 49.1. The molecule has 0 radical (unpaired) electrons. The average molecular weight is 1890 g/mol. The van der Waals surface area contributed by atoms with Crippen LogP contribution in [0.3, 0.4) is 0 Å². The number of rotatable bonds is 34. The maximum atomic E-state index is 12.1. The molecule has 0 aliphatic heterocycles. The minimum atomic E-state index is -3.09. The Labute approximate surface area is 801 Å². The number of ketones is 3. The van der Waals surface area contributed by atoms with Gasteiger partial charge >= 0.3 is 43.4 Å². The van der Waals surface area contributed by atoms with Crippen molar-refractivity contribution in [2.45, 2.75) is 201 Å². The number of hydrogen-bond donors (Lipinski definition) is 3. The molecule has 6 aromatic heterocycles. The van der Waals surface area contributed by atoms with Crippen molar-refractivity contribution in [2.75, 3.05) is 26.1 Å². The molecule has 0 unspecified atom stereocenters. The number of allylic oxidation sites excluding steroid dienone is 2. The van der Waals surface area contributed by atoms with Crippen LogP contribution in [0.2, 0.25) is 0 Å². The molecule has 4 N–H and O–H groups in total. The second kappa shape index (κ2) is 56.0. The Bertz CT molecular complexity index is 5630. The van der Waals surface area contributed by atoms with Gasteiger partial charge in [-0.05, 0) is 299 Å². The molecule has 7 aliphatic carbocycles. The molecule has 724 valence electrons. The topological polar surface area (TPSA) is 404 Å². The summed E-state index contributed by atoms with van der Waals surface area (Å²) in [5.41, 5.74) is 17.4. The second-order valence-electron chi connectivity index (χ2n) is 36.3. The number of aldehydes is 2. The number of nitrogen functional groups attached to an aromatic ring is 1. The van der Waals surface area contributed by atoms with Crippen molar-refractivity contribution >= 4 is 101 Å². The van der Waals surface area contributed by atoms with E-state index in [0.29, 0.717) is 87.1 Å². The number of nitrogens with two attached hydrogens (primary N) is 1. The highest BCUT2D eigenvalue weighted by Crippen LogP contribution is 2.46. The second-order valence-corrected chi connectivity index (χ2v) is 38.5. The van der Waals surface area contributed by atoms with Crippen molar-refractivity contribution in [2.24, 2.45) is 71.0 Å². The summed E-state index contributed by atoms with van der Waals surface area (Å²) in [5.74, 6) is 1.13. The molecule has 17 rings (SSSR count). The number of hydrogen-bond acceptors (Lipinski definition) is 25. The van der Waals surface area contributed by atoms with Gasteiger partial charge in [0.05, 0.1) is 41.1 Å². The van der Waals surface area contributed by atoms with Crippen LogP contribution in [0.25, 0.3) is 22.1 Å². The van der Waals surface area contributed by atoms with Gasteiger partial charge in [0.25, 0.3) is 0 Å². The fraction of sp³-hybridized carbons (Fsp3) is 0.422. The van der Waals surface area contributed by atoms with E-state index in [-0.39, 0.29) is 94.6 Å². The largest absolute Gasteiger partial charge is 0.481 e. The first kappa shape index (κ1) is 106. The van der Waals surface area contributed by atoms with Crippen molar-refractivity contribution in [1.82, 2.24) is 29.9 Å². The van der Waals surface area contributed by atoms with Gasteiger partial charge in [-0.25, -0.2) is 24.9 Å². The lowest BCUT2D eigenvalue weighted by Crippen LogP contribution is -2.32. The number of fused-ring (bicyclic) bond motifs is 3. The van der Waals surface area contributed by atoms with Crippen molar-refractivity contribution < 1.29 is 95.5 Å². The third-order valence-corrected chi connectivity index (χ3v) is 27.5. The van der Waals surface area contributed by atoms with Gasteiger partial charge in [-0.15, -0.1) is 0 Å². The first-order valence-electron chi connectivity index (χ1n) is 47.4. The highest BCUT2D eigenvalue weighted by Gasteiger charge is 2.40. The maximum Gasteiger partial charge on any atom is 0.337 e. The lowest BCUT2D eigenvalue weighted by molar-refractivity contribution is -0.155. The number of aromatic nitrogens is 6. The number of pyridine rings is 6. The number of aryl methyl sites for hydroxylation is 5. The summed E-state index contributed by atoms with van der Waals surface area (Å²) in [4.78, 5) is 147. The Hall–Kier alpha value is -12.8. The van der Waals surface area contributed by atoms with E-state index in [0.717, 1.165) is 178 Å². The van der Waals surface area contributed by atoms with E-state index in [9.17, 15) is 57.3 Å². The maximum absolute atomic E-state index is 12.1. The number of aliphatic carboxylic acids is 2. The molecule has 10 aromatic rings. The van der Waals surface area contributed by atoms with E-state index in [1.165, 1.54) is 64.3 Å². The van der Waals surface area contributed by atoms with E-state index in [1.807, 2.05) is 164 Å². The van der Waals surface area contributed by atoms with Gasteiger partial charge in [0, 0.05) is 78.7 Å². The molecular formula is C109H128N7O20P. The summed E-state index contributed by atoms with van der Waals surface area (Å²) in [6.45, 7) is 5.87. The van der Waals surface area contributed by atoms with Crippen LogP contribution in [0.1, 0.15) is 204 Å². The standard InChI is InChI=1S/C22H22N2O2.C16H21NO2.C16H20O3.C16H18O3.C15H16N2O2.C13H14O3.C6H6N2O.C5H11O4P/c25-22(26-15-16-5-2-1-3-6-16)19-13-17(14-19)8-10-20-11-9-18-7-4-12-23-21(18)24-20;18-16(19)13-9-11(10-13)5-7-14-8-6-12-3-1-2-4-15(12)17-14;2*1-12(17)7-8-14-9-15(10-14)16(18)19-11-13-5-3-2-4-6-13;18-15(19)12-8-10(9-12)3-5-13-6-4-11-2-1-7-16-14(11)17-13;14-8-11-6-12(7-11)13(15)16-9-10-4-2-1-3-5-10;7-6-5(4-9)2-1-3-8-6;1-5(6)4-10(7,8-2)9-3/h1-7,9,11-12,17,19H,8,10,13-15H2;6,8,11,13H,1-5,7,9-10H2,(H,18,19);2-6,14-15H,7-11H2,1H3;2-8,14-15H,9-11H2,1H3;1-2,4,6-7,10,12H,3,5,8-9H2,(H,18,19);1-5,8,11-12H,6-7,9H2;1-4H,(H2,7,8);4H2,1-3H3/b;;;8-7+;;;;. The van der Waals surface area contributed by atoms with E-state index in [4.69, 9.17) is 39.9 Å². The molecule has 0 atom stereocenters. The Kier molecular flexibility index (Phi) is 43.4. The van der Waals surface area contributed by atoms with Gasteiger partial charge in [-0.2, -0.15) is 0 Å². The molecule has 6 heterocycles. The minimum absolute atomic E-state index is 0.00896. The normalized spacial score (nSPS) is 20.4. The summed E-state index contributed by atoms with van der Waals surface area (Å²) in [5, 5.41) is 19.8. The molecule has 0 saturated heterocycles. The number of carboxylic acids is 2. The Morgan fingerprint density at radius 3 is 1.13 bits per heavy atom. The van der Waals surface area contributed by atoms with Gasteiger partial charge < -0.3 is 53.5 Å². The van der Waals surface area contributed by atoms with Gasteiger partial charge in [0.1, 0.15) is 56.3 Å². The SMILES string of the molecule is CC(=O)/C=C/C1CC(C(=O)OCc2ccccc2)C1.CC(=O)CCC1CC(C(=O)OCc2ccccc2)C1.COP(=O)(CC(C)=O)OC.Nc1ncccc1C=O.O=C(O)C1CC(CCc2ccc3c(n2)CCCC3)C1.O=C(O)C1CC(CCc2ccc3cccnc3n2)C1.O=C(OCc1ccccc1)C1CC(CCc2ccc3cccnc3n2)C1.O=CC1CC(C(=O)OCc2ccccc2)C1. The van der Waals surface area contributed by atoms with Crippen molar-refractivity contribution in [3.8, 4) is 0 Å². The highest BCUT2D eigenvalue weighted by atomic mass is 31.2. The number of nitrogens with zero attached hydrogens (tertiary/aromatic N) is 6. The predicted octanol–water partition coefficient (Wildman–Crippen LogP) is 19.5.